The van der Waals surface area contributed by atoms with E-state index >= 15 is 0 Å². The van der Waals surface area contributed by atoms with Gasteiger partial charge in [-0.15, -0.1) is 0 Å². The molecular weight excluding hydrogens is 336 g/mol. The van der Waals surface area contributed by atoms with E-state index in [1.807, 2.05) is 14.1 Å². The molecule has 3 aromatic rings. The summed E-state index contributed by atoms with van der Waals surface area (Å²) in [5, 5.41) is 7.40. The summed E-state index contributed by atoms with van der Waals surface area (Å²) < 4.78 is 0. The number of rotatable bonds is 7. The van der Waals surface area contributed by atoms with Crippen LogP contribution in [0.15, 0.2) is 48.5 Å². The number of aromatic amines is 1. The van der Waals surface area contributed by atoms with Crippen molar-refractivity contribution in [2.75, 3.05) is 19.0 Å². The zero-order chi connectivity index (χ0) is 19.4. The predicted molar refractivity (Wildman–Crippen MR) is 109 cm³/mol. The number of hydrogen-bond acceptors (Lipinski definition) is 3. The molecule has 2 aromatic carbocycles. The van der Waals surface area contributed by atoms with Crippen LogP contribution in [0.25, 0.3) is 0 Å². The van der Waals surface area contributed by atoms with Gasteiger partial charge in [-0.1, -0.05) is 42.0 Å². The van der Waals surface area contributed by atoms with E-state index in [9.17, 15) is 4.79 Å². The Labute approximate surface area is 160 Å². The molecule has 0 unspecified atom stereocenters. The fraction of sp³-hybridized carbons (Fsp3) is 0.273. The van der Waals surface area contributed by atoms with Gasteiger partial charge in [0.25, 0.3) is 5.91 Å². The number of carbonyl (C=O) groups is 1. The van der Waals surface area contributed by atoms with Gasteiger partial charge in [0.05, 0.1) is 17.0 Å². The molecular formula is C22H26N4O. The number of hydrogen-bond donors (Lipinski definition) is 2. The Hall–Kier alpha value is -3.08. The fourth-order valence-electron chi connectivity index (χ4n) is 3.15. The first-order valence-corrected chi connectivity index (χ1v) is 9.11. The zero-order valence-electron chi connectivity index (χ0n) is 16.1. The van der Waals surface area contributed by atoms with Crippen molar-refractivity contribution in [1.82, 2.24) is 10.2 Å². The first kappa shape index (κ1) is 18.7. The lowest BCUT2D eigenvalue weighted by atomic mass is 10.0. The van der Waals surface area contributed by atoms with E-state index in [1.165, 1.54) is 11.1 Å². The highest BCUT2D eigenvalue weighted by Crippen LogP contribution is 2.19. The summed E-state index contributed by atoms with van der Waals surface area (Å²) in [6.07, 6.45) is 2.10. The molecule has 0 aliphatic heterocycles. The largest absolute Gasteiger partial charge is 0.378 e. The summed E-state index contributed by atoms with van der Waals surface area (Å²) in [6, 6.07) is 16.7. The molecule has 3 rings (SSSR count). The zero-order valence-corrected chi connectivity index (χ0v) is 16.1. The van der Waals surface area contributed by atoms with Crippen LogP contribution in [0.1, 0.15) is 38.4 Å². The highest BCUT2D eigenvalue weighted by atomic mass is 16.1. The van der Waals surface area contributed by atoms with Crippen molar-refractivity contribution in [3.63, 3.8) is 0 Å². The lowest BCUT2D eigenvalue weighted by Crippen LogP contribution is -2.15. The molecule has 0 aliphatic carbocycles. The molecule has 5 nitrogen and oxygen atoms in total. The summed E-state index contributed by atoms with van der Waals surface area (Å²) in [6.45, 7) is 2.07. The average molecular weight is 362 g/mol. The van der Waals surface area contributed by atoms with E-state index in [-0.39, 0.29) is 0 Å². The molecule has 0 saturated heterocycles. The molecule has 0 atom stereocenters. The monoisotopic (exact) mass is 362 g/mol. The Morgan fingerprint density at radius 2 is 1.63 bits per heavy atom. The maximum Gasteiger partial charge on any atom is 0.252 e. The third-order valence-corrected chi connectivity index (χ3v) is 4.77. The molecule has 0 aliphatic rings. The van der Waals surface area contributed by atoms with Gasteiger partial charge in [-0.05, 0) is 43.0 Å². The van der Waals surface area contributed by atoms with Crippen LogP contribution >= 0.6 is 0 Å². The molecule has 27 heavy (non-hydrogen) atoms. The molecule has 1 amide bonds. The van der Waals surface area contributed by atoms with Gasteiger partial charge in [0.2, 0.25) is 0 Å². The fourth-order valence-corrected chi connectivity index (χ4v) is 3.15. The highest BCUT2D eigenvalue weighted by molar-refractivity contribution is 5.95. The Morgan fingerprint density at radius 1 is 1.00 bits per heavy atom. The van der Waals surface area contributed by atoms with E-state index in [2.05, 4.69) is 70.6 Å². The summed E-state index contributed by atoms with van der Waals surface area (Å²) in [5.74, 6) is -0.428. The summed E-state index contributed by atoms with van der Waals surface area (Å²) in [5.41, 5.74) is 12.4. The second kappa shape index (κ2) is 8.08. The molecule has 1 heterocycles. The highest BCUT2D eigenvalue weighted by Gasteiger charge is 2.18. The third-order valence-electron chi connectivity index (χ3n) is 4.77. The van der Waals surface area contributed by atoms with E-state index in [0.29, 0.717) is 18.4 Å². The van der Waals surface area contributed by atoms with Crippen LogP contribution in [0, 0.1) is 6.92 Å². The number of primary amides is 1. The number of anilines is 1. The van der Waals surface area contributed by atoms with Crippen LogP contribution in [0.2, 0.25) is 0 Å². The number of aryl methyl sites for hydroxylation is 3. The molecule has 3 N–H and O–H groups in total. The Morgan fingerprint density at radius 3 is 2.22 bits per heavy atom. The van der Waals surface area contributed by atoms with Gasteiger partial charge in [0, 0.05) is 26.2 Å². The van der Waals surface area contributed by atoms with E-state index in [4.69, 9.17) is 5.73 Å². The molecule has 0 saturated carbocycles. The average Bonchev–Trinajstić information content (AvgIpc) is 3.04. The number of nitrogens with one attached hydrogen (secondary N) is 1. The summed E-state index contributed by atoms with van der Waals surface area (Å²) in [4.78, 5) is 14.1. The standard InChI is InChI=1S/C22H26N4O/c1-15-4-6-16(7-5-15)10-13-19-21(22(23)27)20(25-24-19)14-17-8-11-18(12-9-17)26(2)3/h4-9,11-12H,10,13-14H2,1-3H3,(H2,23,27)(H,24,25). The van der Waals surface area contributed by atoms with Gasteiger partial charge in [-0.3, -0.25) is 9.89 Å². The lowest BCUT2D eigenvalue weighted by Gasteiger charge is -2.12. The third kappa shape index (κ3) is 4.56. The van der Waals surface area contributed by atoms with Crippen molar-refractivity contribution in [1.29, 1.82) is 0 Å². The van der Waals surface area contributed by atoms with Crippen molar-refractivity contribution in [3.8, 4) is 0 Å². The molecule has 5 heteroatoms. The van der Waals surface area contributed by atoms with Gasteiger partial charge >= 0.3 is 0 Å². The molecule has 0 bridgehead atoms. The Balaban J connectivity index is 1.76. The quantitative estimate of drug-likeness (QED) is 0.677. The van der Waals surface area contributed by atoms with Crippen LogP contribution in [0.4, 0.5) is 5.69 Å². The predicted octanol–water partition coefficient (Wildman–Crippen LogP) is 3.26. The SMILES string of the molecule is Cc1ccc(CCc2n[nH]c(Cc3ccc(N(C)C)cc3)c2C(N)=O)cc1. The van der Waals surface area contributed by atoms with Crippen LogP contribution in [0.5, 0.6) is 0 Å². The van der Waals surface area contributed by atoms with E-state index in [1.54, 1.807) is 0 Å². The van der Waals surface area contributed by atoms with Crippen molar-refractivity contribution in [2.24, 2.45) is 5.73 Å². The minimum absolute atomic E-state index is 0.428. The van der Waals surface area contributed by atoms with E-state index in [0.717, 1.165) is 29.1 Å². The maximum absolute atomic E-state index is 12.0. The minimum Gasteiger partial charge on any atom is -0.378 e. The lowest BCUT2D eigenvalue weighted by molar-refractivity contribution is 0.0998. The van der Waals surface area contributed by atoms with Crippen molar-refractivity contribution < 1.29 is 4.79 Å². The van der Waals surface area contributed by atoms with Crippen LogP contribution in [0.3, 0.4) is 0 Å². The number of amides is 1. The summed E-state index contributed by atoms with van der Waals surface area (Å²) in [7, 11) is 4.02. The number of aromatic nitrogens is 2. The number of benzene rings is 2. The molecule has 0 fully saturated rings. The van der Waals surface area contributed by atoms with Gasteiger partial charge in [0.1, 0.15) is 0 Å². The Bertz CT molecular complexity index is 908. The Kier molecular flexibility index (Phi) is 5.60. The second-order valence-electron chi connectivity index (χ2n) is 7.11. The topological polar surface area (TPSA) is 75.0 Å². The summed E-state index contributed by atoms with van der Waals surface area (Å²) >= 11 is 0. The van der Waals surface area contributed by atoms with Crippen LogP contribution in [-0.4, -0.2) is 30.2 Å². The minimum atomic E-state index is -0.428. The number of nitrogens with two attached hydrogens (primary N) is 1. The second-order valence-corrected chi connectivity index (χ2v) is 7.11. The van der Waals surface area contributed by atoms with Crippen LogP contribution in [-0.2, 0) is 19.3 Å². The van der Waals surface area contributed by atoms with Gasteiger partial charge < -0.3 is 10.6 Å². The molecule has 140 valence electrons. The number of nitrogens with zero attached hydrogens (tertiary/aromatic N) is 2. The number of carbonyl (C=O) groups excluding carboxylic acids is 1. The maximum atomic E-state index is 12.0. The van der Waals surface area contributed by atoms with E-state index < -0.39 is 5.91 Å². The molecule has 0 radical (unpaired) electrons. The first-order valence-electron chi connectivity index (χ1n) is 9.11. The molecule has 0 spiro atoms. The van der Waals surface area contributed by atoms with Gasteiger partial charge in [0.15, 0.2) is 0 Å². The first-order chi connectivity index (χ1) is 12.9. The van der Waals surface area contributed by atoms with Gasteiger partial charge in [-0.2, -0.15) is 5.10 Å². The molecule has 1 aromatic heterocycles. The van der Waals surface area contributed by atoms with Gasteiger partial charge in [-0.25, -0.2) is 0 Å². The van der Waals surface area contributed by atoms with Crippen LogP contribution < -0.4 is 10.6 Å². The smallest absolute Gasteiger partial charge is 0.252 e. The normalized spacial score (nSPS) is 10.8. The number of H-pyrrole nitrogens is 1. The van der Waals surface area contributed by atoms with Crippen molar-refractivity contribution in [3.05, 3.63) is 82.2 Å². The van der Waals surface area contributed by atoms with Crippen molar-refractivity contribution in [2.45, 2.75) is 26.2 Å². The van der Waals surface area contributed by atoms with Crippen molar-refractivity contribution >= 4 is 11.6 Å².